The molecule has 0 aliphatic rings. The second-order valence-corrected chi connectivity index (χ2v) is 2.95. The van der Waals surface area contributed by atoms with Crippen molar-refractivity contribution >= 4 is 11.9 Å². The molecule has 0 heterocycles. The molecule has 0 saturated heterocycles. The molecule has 0 radical (unpaired) electrons. The molecule has 0 fully saturated rings. The summed E-state index contributed by atoms with van der Waals surface area (Å²) in [4.78, 5) is 3.90. The van der Waals surface area contributed by atoms with Gasteiger partial charge in [-0.2, -0.15) is 0 Å². The summed E-state index contributed by atoms with van der Waals surface area (Å²) in [5, 5.41) is 8.97. The number of aryl methyl sites for hydroxylation is 1. The number of nitrogens with two attached hydrogens (primary N) is 1. The van der Waals surface area contributed by atoms with Crippen molar-refractivity contribution in [1.29, 1.82) is 0 Å². The molecule has 70 valence electrons. The topological polar surface area (TPSA) is 58.6 Å². The minimum atomic E-state index is 0.0274. The van der Waals surface area contributed by atoms with E-state index < -0.39 is 0 Å². The van der Waals surface area contributed by atoms with Crippen LogP contribution in [0.5, 0.6) is 0 Å². The highest BCUT2D eigenvalue weighted by Gasteiger charge is 2.01. The highest BCUT2D eigenvalue weighted by molar-refractivity contribution is 5.87. The van der Waals surface area contributed by atoms with Gasteiger partial charge in [0.15, 0.2) is 0 Å². The van der Waals surface area contributed by atoms with Crippen LogP contribution >= 0.6 is 0 Å². The quantitative estimate of drug-likeness (QED) is 0.526. The number of aliphatic imine (C=N–C) groups is 1. The van der Waals surface area contributed by atoms with Gasteiger partial charge in [0, 0.05) is 24.5 Å². The molecule has 1 rings (SSSR count). The number of benzene rings is 1. The average Bonchev–Trinajstić information content (AvgIpc) is 2.11. The van der Waals surface area contributed by atoms with Crippen LogP contribution in [0.25, 0.3) is 0 Å². The van der Waals surface area contributed by atoms with Crippen LogP contribution in [0.4, 0.5) is 5.69 Å². The lowest BCUT2D eigenvalue weighted by Gasteiger charge is -2.06. The predicted molar refractivity (Wildman–Crippen MR) is 55.0 cm³/mol. The van der Waals surface area contributed by atoms with Crippen molar-refractivity contribution in [2.75, 3.05) is 12.8 Å². The summed E-state index contributed by atoms with van der Waals surface area (Å²) in [5.41, 5.74) is 9.20. The number of aliphatic hydroxyl groups is 1. The summed E-state index contributed by atoms with van der Waals surface area (Å²) >= 11 is 0. The molecule has 0 bridgehead atoms. The van der Waals surface area contributed by atoms with E-state index in [0.717, 1.165) is 16.7 Å². The van der Waals surface area contributed by atoms with Crippen LogP contribution < -0.4 is 5.73 Å². The zero-order valence-electron chi connectivity index (χ0n) is 7.91. The average molecular weight is 178 g/mol. The summed E-state index contributed by atoms with van der Waals surface area (Å²) in [6, 6.07) is 3.71. The van der Waals surface area contributed by atoms with E-state index in [2.05, 4.69) is 4.99 Å². The van der Waals surface area contributed by atoms with Gasteiger partial charge in [0.1, 0.15) is 0 Å². The van der Waals surface area contributed by atoms with Gasteiger partial charge in [-0.05, 0) is 30.2 Å². The Morgan fingerprint density at radius 3 is 2.77 bits per heavy atom. The molecular weight excluding hydrogens is 164 g/mol. The molecule has 3 heteroatoms. The first-order chi connectivity index (χ1) is 6.19. The van der Waals surface area contributed by atoms with Crippen molar-refractivity contribution in [3.8, 4) is 0 Å². The van der Waals surface area contributed by atoms with Crippen LogP contribution in [-0.2, 0) is 6.61 Å². The Labute approximate surface area is 77.9 Å². The number of hydrogen-bond acceptors (Lipinski definition) is 3. The van der Waals surface area contributed by atoms with Crippen LogP contribution in [0.2, 0.25) is 0 Å². The second-order valence-electron chi connectivity index (χ2n) is 2.95. The third kappa shape index (κ3) is 2.06. The summed E-state index contributed by atoms with van der Waals surface area (Å²) in [7, 11) is 1.70. The Bertz CT molecular complexity index is 332. The SMILES string of the molecule is CN=Cc1cc(C)c(CO)cc1N. The maximum Gasteiger partial charge on any atom is 0.0685 e. The summed E-state index contributed by atoms with van der Waals surface area (Å²) in [6.07, 6.45) is 1.71. The Morgan fingerprint density at radius 1 is 1.54 bits per heavy atom. The van der Waals surface area contributed by atoms with Gasteiger partial charge in [0.05, 0.1) is 6.61 Å². The fraction of sp³-hybridized carbons (Fsp3) is 0.300. The zero-order chi connectivity index (χ0) is 9.84. The lowest BCUT2D eigenvalue weighted by Crippen LogP contribution is -1.98. The van der Waals surface area contributed by atoms with Gasteiger partial charge in [-0.15, -0.1) is 0 Å². The van der Waals surface area contributed by atoms with E-state index in [1.165, 1.54) is 0 Å². The first kappa shape index (κ1) is 9.74. The van der Waals surface area contributed by atoms with Gasteiger partial charge in [-0.3, -0.25) is 4.99 Å². The third-order valence-corrected chi connectivity index (χ3v) is 1.98. The zero-order valence-corrected chi connectivity index (χ0v) is 7.91. The molecule has 1 aromatic carbocycles. The highest BCUT2D eigenvalue weighted by Crippen LogP contribution is 2.17. The van der Waals surface area contributed by atoms with Gasteiger partial charge in [0.25, 0.3) is 0 Å². The molecule has 13 heavy (non-hydrogen) atoms. The minimum Gasteiger partial charge on any atom is -0.398 e. The molecule has 0 aromatic heterocycles. The molecule has 0 atom stereocenters. The Hall–Kier alpha value is -1.35. The van der Waals surface area contributed by atoms with Gasteiger partial charge in [0.2, 0.25) is 0 Å². The molecular formula is C10H14N2O. The Balaban J connectivity index is 3.20. The normalized spacial score (nSPS) is 11.0. The maximum atomic E-state index is 8.97. The van der Waals surface area contributed by atoms with Crippen molar-refractivity contribution in [2.45, 2.75) is 13.5 Å². The van der Waals surface area contributed by atoms with Crippen molar-refractivity contribution < 1.29 is 5.11 Å². The molecule has 3 N–H and O–H groups in total. The lowest BCUT2D eigenvalue weighted by molar-refractivity contribution is 0.281. The van der Waals surface area contributed by atoms with Crippen molar-refractivity contribution in [1.82, 2.24) is 0 Å². The number of aliphatic hydroxyl groups excluding tert-OH is 1. The van der Waals surface area contributed by atoms with E-state index in [9.17, 15) is 0 Å². The fourth-order valence-electron chi connectivity index (χ4n) is 1.22. The molecule has 0 spiro atoms. The van der Waals surface area contributed by atoms with Crippen LogP contribution in [0, 0.1) is 6.92 Å². The van der Waals surface area contributed by atoms with Gasteiger partial charge < -0.3 is 10.8 Å². The van der Waals surface area contributed by atoms with Crippen LogP contribution in [-0.4, -0.2) is 18.4 Å². The highest BCUT2D eigenvalue weighted by atomic mass is 16.3. The van der Waals surface area contributed by atoms with Crippen molar-refractivity contribution in [3.63, 3.8) is 0 Å². The Morgan fingerprint density at radius 2 is 2.23 bits per heavy atom. The predicted octanol–water partition coefficient (Wildman–Crippen LogP) is 1.12. The summed E-state index contributed by atoms with van der Waals surface area (Å²) in [6.45, 7) is 1.97. The summed E-state index contributed by atoms with van der Waals surface area (Å²) in [5.74, 6) is 0. The van der Waals surface area contributed by atoms with E-state index in [1.54, 1.807) is 19.3 Å². The number of anilines is 1. The maximum absolute atomic E-state index is 8.97. The van der Waals surface area contributed by atoms with E-state index in [1.807, 2.05) is 13.0 Å². The molecule has 0 amide bonds. The smallest absolute Gasteiger partial charge is 0.0685 e. The largest absolute Gasteiger partial charge is 0.398 e. The third-order valence-electron chi connectivity index (χ3n) is 1.98. The van der Waals surface area contributed by atoms with Crippen LogP contribution in [0.15, 0.2) is 17.1 Å². The van der Waals surface area contributed by atoms with Gasteiger partial charge >= 0.3 is 0 Å². The van der Waals surface area contributed by atoms with Crippen molar-refractivity contribution in [2.24, 2.45) is 4.99 Å². The van der Waals surface area contributed by atoms with Crippen LogP contribution in [0.3, 0.4) is 0 Å². The Kier molecular flexibility index (Phi) is 3.03. The van der Waals surface area contributed by atoms with E-state index >= 15 is 0 Å². The number of hydrogen-bond donors (Lipinski definition) is 2. The molecule has 1 aromatic rings. The van der Waals surface area contributed by atoms with E-state index in [-0.39, 0.29) is 6.61 Å². The number of nitrogen functional groups attached to an aromatic ring is 1. The standard InChI is InChI=1S/C10H14N2O/c1-7-3-8(5-12-2)10(11)4-9(7)6-13/h3-5,13H,6,11H2,1-2H3. The lowest BCUT2D eigenvalue weighted by atomic mass is 10.0. The summed E-state index contributed by atoms with van der Waals surface area (Å²) < 4.78 is 0. The fourth-order valence-corrected chi connectivity index (χ4v) is 1.22. The van der Waals surface area contributed by atoms with Crippen molar-refractivity contribution in [3.05, 3.63) is 28.8 Å². The second kappa shape index (κ2) is 4.05. The number of rotatable bonds is 2. The molecule has 0 aliphatic carbocycles. The van der Waals surface area contributed by atoms with E-state index in [0.29, 0.717) is 5.69 Å². The van der Waals surface area contributed by atoms with Gasteiger partial charge in [-0.25, -0.2) is 0 Å². The first-order valence-corrected chi connectivity index (χ1v) is 4.11. The van der Waals surface area contributed by atoms with E-state index in [4.69, 9.17) is 10.8 Å². The molecule has 3 nitrogen and oxygen atoms in total. The molecule has 0 aliphatic heterocycles. The van der Waals surface area contributed by atoms with Gasteiger partial charge in [-0.1, -0.05) is 0 Å². The monoisotopic (exact) mass is 178 g/mol. The minimum absolute atomic E-state index is 0.0274. The molecule has 0 saturated carbocycles. The van der Waals surface area contributed by atoms with Crippen LogP contribution in [0.1, 0.15) is 16.7 Å². The first-order valence-electron chi connectivity index (χ1n) is 4.11. The molecule has 0 unspecified atom stereocenters. The number of nitrogens with zero attached hydrogens (tertiary/aromatic N) is 1.